The number of nitrogens with zero attached hydrogens (tertiary/aromatic N) is 2. The molecular weight excluding hydrogens is 269 g/mol. The molecule has 0 radical (unpaired) electrons. The number of amides is 1. The van der Waals surface area contributed by atoms with E-state index in [9.17, 15) is 22.8 Å². The lowest BCUT2D eigenvalue weighted by Crippen LogP contribution is -2.42. The molecule has 1 aromatic heterocycles. The number of aromatic nitrogens is 1. The summed E-state index contributed by atoms with van der Waals surface area (Å²) in [6, 6.07) is 0.903. The highest BCUT2D eigenvalue weighted by Gasteiger charge is 2.34. The summed E-state index contributed by atoms with van der Waals surface area (Å²) in [5.41, 5.74) is -0.328. The number of rotatable bonds is 4. The van der Waals surface area contributed by atoms with Gasteiger partial charge in [-0.25, -0.2) is 0 Å². The van der Waals surface area contributed by atoms with Crippen molar-refractivity contribution in [3.63, 3.8) is 0 Å². The summed E-state index contributed by atoms with van der Waals surface area (Å²) in [4.78, 5) is 25.7. The molecule has 0 aliphatic heterocycles. The standard InChI is InChI=1S/C10H9F3N2O4/c11-10(12,13)5-15(4-8(17)18)9(19)6-1-7(16)3-14-2-6/h1-3,16H,4-5H2,(H,17,18). The first-order chi connectivity index (χ1) is 8.69. The van der Waals surface area contributed by atoms with Crippen molar-refractivity contribution in [1.29, 1.82) is 0 Å². The Bertz CT molecular complexity index is 490. The molecule has 0 saturated heterocycles. The molecule has 0 aliphatic rings. The number of carboxylic acids is 1. The first-order valence-corrected chi connectivity index (χ1v) is 4.91. The number of hydrogen-bond donors (Lipinski definition) is 2. The average molecular weight is 278 g/mol. The Balaban J connectivity index is 2.97. The molecule has 1 aromatic rings. The summed E-state index contributed by atoms with van der Waals surface area (Å²) in [6.07, 6.45) is -2.80. The number of hydrogen-bond acceptors (Lipinski definition) is 4. The zero-order valence-corrected chi connectivity index (χ0v) is 9.39. The Hall–Kier alpha value is -2.32. The minimum Gasteiger partial charge on any atom is -0.506 e. The SMILES string of the molecule is O=C(O)CN(CC(F)(F)F)C(=O)c1cncc(O)c1. The molecule has 1 amide bonds. The Morgan fingerprint density at radius 1 is 1.32 bits per heavy atom. The van der Waals surface area contributed by atoms with Crippen LogP contribution in [0.5, 0.6) is 5.75 Å². The van der Waals surface area contributed by atoms with Crippen molar-refractivity contribution in [3.8, 4) is 5.75 Å². The normalized spacial score (nSPS) is 11.1. The van der Waals surface area contributed by atoms with Crippen LogP contribution < -0.4 is 0 Å². The van der Waals surface area contributed by atoms with E-state index in [0.29, 0.717) is 0 Å². The lowest BCUT2D eigenvalue weighted by atomic mass is 10.2. The molecule has 0 bridgehead atoms. The molecule has 0 aliphatic carbocycles. The third-order valence-corrected chi connectivity index (χ3v) is 1.95. The van der Waals surface area contributed by atoms with Gasteiger partial charge in [-0.05, 0) is 6.07 Å². The van der Waals surface area contributed by atoms with Crippen LogP contribution in [-0.4, -0.2) is 51.2 Å². The molecule has 1 rings (SSSR count). The molecule has 9 heteroatoms. The first-order valence-electron chi connectivity index (χ1n) is 4.91. The highest BCUT2D eigenvalue weighted by molar-refractivity contribution is 5.95. The molecule has 0 spiro atoms. The van der Waals surface area contributed by atoms with Crippen LogP contribution in [0.2, 0.25) is 0 Å². The maximum Gasteiger partial charge on any atom is 0.406 e. The number of aromatic hydroxyl groups is 1. The van der Waals surface area contributed by atoms with Crippen molar-refractivity contribution in [1.82, 2.24) is 9.88 Å². The van der Waals surface area contributed by atoms with Gasteiger partial charge in [0.15, 0.2) is 0 Å². The quantitative estimate of drug-likeness (QED) is 0.853. The molecule has 0 fully saturated rings. The monoisotopic (exact) mass is 278 g/mol. The van der Waals surface area contributed by atoms with Crippen LogP contribution in [0.15, 0.2) is 18.5 Å². The van der Waals surface area contributed by atoms with Gasteiger partial charge in [-0.3, -0.25) is 14.6 Å². The van der Waals surface area contributed by atoms with Gasteiger partial charge in [0, 0.05) is 6.20 Å². The Morgan fingerprint density at radius 2 is 1.95 bits per heavy atom. The van der Waals surface area contributed by atoms with E-state index in [1.807, 2.05) is 0 Å². The second-order valence-corrected chi connectivity index (χ2v) is 3.60. The van der Waals surface area contributed by atoms with E-state index in [1.54, 1.807) is 0 Å². The van der Waals surface area contributed by atoms with Gasteiger partial charge in [0.25, 0.3) is 5.91 Å². The summed E-state index contributed by atoms with van der Waals surface area (Å²) in [6.45, 7) is -2.80. The lowest BCUT2D eigenvalue weighted by Gasteiger charge is -2.21. The fourth-order valence-electron chi connectivity index (χ4n) is 1.31. The summed E-state index contributed by atoms with van der Waals surface area (Å²) in [5.74, 6) is -3.16. The smallest absolute Gasteiger partial charge is 0.406 e. The molecule has 0 aromatic carbocycles. The van der Waals surface area contributed by atoms with Gasteiger partial charge in [-0.2, -0.15) is 13.2 Å². The summed E-state index contributed by atoms with van der Waals surface area (Å²) >= 11 is 0. The van der Waals surface area contributed by atoms with Crippen molar-refractivity contribution >= 4 is 11.9 Å². The van der Waals surface area contributed by atoms with Gasteiger partial charge in [0.05, 0.1) is 11.8 Å². The minimum atomic E-state index is -4.73. The van der Waals surface area contributed by atoms with Crippen LogP contribution >= 0.6 is 0 Å². The van der Waals surface area contributed by atoms with Gasteiger partial charge < -0.3 is 15.1 Å². The number of carbonyl (C=O) groups excluding carboxylic acids is 1. The van der Waals surface area contributed by atoms with E-state index in [0.717, 1.165) is 18.5 Å². The third-order valence-electron chi connectivity index (χ3n) is 1.95. The average Bonchev–Trinajstić information content (AvgIpc) is 2.24. The molecule has 104 valence electrons. The number of pyridine rings is 1. The van der Waals surface area contributed by atoms with Gasteiger partial charge >= 0.3 is 12.1 Å². The molecule has 0 atom stereocenters. The zero-order valence-electron chi connectivity index (χ0n) is 9.39. The number of alkyl halides is 3. The molecule has 6 nitrogen and oxygen atoms in total. The first kappa shape index (κ1) is 14.7. The van der Waals surface area contributed by atoms with Gasteiger partial charge in [-0.1, -0.05) is 0 Å². The number of carbonyl (C=O) groups is 2. The van der Waals surface area contributed by atoms with Crippen LogP contribution in [0.25, 0.3) is 0 Å². The maximum atomic E-state index is 12.3. The molecule has 19 heavy (non-hydrogen) atoms. The zero-order chi connectivity index (χ0) is 14.6. The van der Waals surface area contributed by atoms with Crippen LogP contribution in [0.1, 0.15) is 10.4 Å². The third kappa shape index (κ3) is 4.82. The largest absolute Gasteiger partial charge is 0.506 e. The van der Waals surface area contributed by atoms with Gasteiger partial charge in [0.1, 0.15) is 18.8 Å². The van der Waals surface area contributed by atoms with Gasteiger partial charge in [0.2, 0.25) is 0 Å². The van der Waals surface area contributed by atoms with Crippen LogP contribution in [0, 0.1) is 0 Å². The minimum absolute atomic E-state index is 0.110. The number of aliphatic carboxylic acids is 1. The summed E-state index contributed by atoms with van der Waals surface area (Å²) < 4.78 is 36.8. The van der Waals surface area contributed by atoms with Crippen molar-refractivity contribution < 1.29 is 33.0 Å². The highest BCUT2D eigenvalue weighted by atomic mass is 19.4. The van der Waals surface area contributed by atoms with Crippen LogP contribution in [0.4, 0.5) is 13.2 Å². The fraction of sp³-hybridized carbons (Fsp3) is 0.300. The van der Waals surface area contributed by atoms with E-state index in [2.05, 4.69) is 4.98 Å². The highest BCUT2D eigenvalue weighted by Crippen LogP contribution is 2.18. The Labute approximate surface area is 105 Å². The molecule has 2 N–H and O–H groups in total. The Morgan fingerprint density at radius 3 is 2.42 bits per heavy atom. The van der Waals surface area contributed by atoms with E-state index in [1.165, 1.54) is 0 Å². The van der Waals surface area contributed by atoms with Crippen molar-refractivity contribution in [2.24, 2.45) is 0 Å². The predicted molar refractivity (Wildman–Crippen MR) is 55.5 cm³/mol. The van der Waals surface area contributed by atoms with Crippen LogP contribution in [-0.2, 0) is 4.79 Å². The predicted octanol–water partition coefficient (Wildman–Crippen LogP) is 0.876. The van der Waals surface area contributed by atoms with E-state index in [-0.39, 0.29) is 10.5 Å². The van der Waals surface area contributed by atoms with E-state index < -0.39 is 36.9 Å². The van der Waals surface area contributed by atoms with Crippen molar-refractivity contribution in [2.45, 2.75) is 6.18 Å². The second-order valence-electron chi connectivity index (χ2n) is 3.60. The van der Waals surface area contributed by atoms with Gasteiger partial charge in [-0.15, -0.1) is 0 Å². The van der Waals surface area contributed by atoms with E-state index >= 15 is 0 Å². The molecule has 1 heterocycles. The second kappa shape index (κ2) is 5.55. The van der Waals surface area contributed by atoms with Crippen LogP contribution in [0.3, 0.4) is 0 Å². The number of carboxylic acid groups (broad SMARTS) is 1. The molecule has 0 saturated carbocycles. The van der Waals surface area contributed by atoms with Crippen molar-refractivity contribution in [3.05, 3.63) is 24.0 Å². The number of halogens is 3. The Kier molecular flexibility index (Phi) is 4.30. The molecule has 0 unspecified atom stereocenters. The molecular formula is C10H9F3N2O4. The van der Waals surface area contributed by atoms with E-state index in [4.69, 9.17) is 10.2 Å². The lowest BCUT2D eigenvalue weighted by molar-refractivity contribution is -0.149. The summed E-state index contributed by atoms with van der Waals surface area (Å²) in [5, 5.41) is 17.6. The maximum absolute atomic E-state index is 12.3. The van der Waals surface area contributed by atoms with Crippen molar-refractivity contribution in [2.75, 3.05) is 13.1 Å². The topological polar surface area (TPSA) is 90.7 Å². The fourth-order valence-corrected chi connectivity index (χ4v) is 1.31. The summed E-state index contributed by atoms with van der Waals surface area (Å²) in [7, 11) is 0.